The summed E-state index contributed by atoms with van der Waals surface area (Å²) in [6, 6.07) is 9.36. The van der Waals surface area contributed by atoms with Crippen LogP contribution in [0.2, 0.25) is 0 Å². The molecule has 0 aliphatic rings. The molecule has 1 aromatic carbocycles. The van der Waals surface area contributed by atoms with E-state index in [0.29, 0.717) is 6.04 Å². The van der Waals surface area contributed by atoms with Crippen LogP contribution in [0.1, 0.15) is 43.9 Å². The molecule has 1 aromatic rings. The zero-order valence-electron chi connectivity index (χ0n) is 11.6. The van der Waals surface area contributed by atoms with Crippen molar-refractivity contribution in [3.8, 4) is 0 Å². The Bertz CT molecular complexity index is 331. The van der Waals surface area contributed by atoms with Crippen LogP contribution in [0, 0.1) is 0 Å². The van der Waals surface area contributed by atoms with Crippen LogP contribution in [0.4, 0.5) is 0 Å². The number of hydrogen-bond acceptors (Lipinski definition) is 2. The van der Waals surface area contributed by atoms with Gasteiger partial charge >= 0.3 is 0 Å². The molecule has 2 heteroatoms. The normalized spacial score (nSPS) is 12.1. The third kappa shape index (κ3) is 4.92. The lowest BCUT2D eigenvalue weighted by atomic mass is 10.0. The van der Waals surface area contributed by atoms with Crippen molar-refractivity contribution >= 4 is 0 Å². The third-order valence-corrected chi connectivity index (χ3v) is 3.15. The highest BCUT2D eigenvalue weighted by Crippen LogP contribution is 2.17. The van der Waals surface area contributed by atoms with Gasteiger partial charge in [0.1, 0.15) is 0 Å². The maximum absolute atomic E-state index is 5.11. The average molecular weight is 247 g/mol. The second-order valence-electron chi connectivity index (χ2n) is 4.40. The van der Waals surface area contributed by atoms with Crippen LogP contribution in [-0.2, 0) is 11.2 Å². The van der Waals surface area contributed by atoms with E-state index in [1.54, 1.807) is 0 Å². The zero-order chi connectivity index (χ0) is 13.2. The van der Waals surface area contributed by atoms with Crippen molar-refractivity contribution in [1.82, 2.24) is 5.32 Å². The molecule has 0 fully saturated rings. The Labute approximate surface area is 111 Å². The van der Waals surface area contributed by atoms with E-state index in [0.717, 1.165) is 32.4 Å². The van der Waals surface area contributed by atoms with Gasteiger partial charge in [0.15, 0.2) is 0 Å². The molecule has 0 spiro atoms. The zero-order valence-corrected chi connectivity index (χ0v) is 11.6. The quantitative estimate of drug-likeness (QED) is 0.529. The summed E-state index contributed by atoms with van der Waals surface area (Å²) >= 11 is 0. The van der Waals surface area contributed by atoms with E-state index in [1.807, 2.05) is 0 Å². The van der Waals surface area contributed by atoms with Crippen molar-refractivity contribution in [2.75, 3.05) is 13.2 Å². The van der Waals surface area contributed by atoms with E-state index in [-0.39, 0.29) is 0 Å². The van der Waals surface area contributed by atoms with Gasteiger partial charge < -0.3 is 10.1 Å². The van der Waals surface area contributed by atoms with E-state index >= 15 is 0 Å². The van der Waals surface area contributed by atoms with E-state index in [4.69, 9.17) is 4.74 Å². The largest absolute Gasteiger partial charge is 0.502 e. The molecule has 100 valence electrons. The van der Waals surface area contributed by atoms with Gasteiger partial charge in [0, 0.05) is 6.04 Å². The SMILES string of the molecule is C=COCCCNC(CC)c1ccc(CC)cc1. The van der Waals surface area contributed by atoms with Gasteiger partial charge in [0.05, 0.1) is 12.9 Å². The summed E-state index contributed by atoms with van der Waals surface area (Å²) in [7, 11) is 0. The van der Waals surface area contributed by atoms with Crippen LogP contribution >= 0.6 is 0 Å². The van der Waals surface area contributed by atoms with E-state index in [2.05, 4.69) is 50.0 Å². The fourth-order valence-corrected chi connectivity index (χ4v) is 2.00. The summed E-state index contributed by atoms with van der Waals surface area (Å²) in [6.45, 7) is 9.64. The van der Waals surface area contributed by atoms with Gasteiger partial charge in [-0.3, -0.25) is 0 Å². The van der Waals surface area contributed by atoms with Gasteiger partial charge in [-0.25, -0.2) is 0 Å². The Morgan fingerprint density at radius 2 is 2.00 bits per heavy atom. The standard InChI is InChI=1S/C16H25NO/c1-4-14-8-10-15(11-9-14)16(5-2)17-12-7-13-18-6-3/h6,8-11,16-17H,3-5,7,12-13H2,1-2H3. The van der Waals surface area contributed by atoms with Gasteiger partial charge in [-0.2, -0.15) is 0 Å². The van der Waals surface area contributed by atoms with Gasteiger partial charge in [-0.1, -0.05) is 44.7 Å². The minimum Gasteiger partial charge on any atom is -0.502 e. The first-order chi connectivity index (χ1) is 8.81. The molecule has 0 heterocycles. The smallest absolute Gasteiger partial charge is 0.0885 e. The van der Waals surface area contributed by atoms with Crippen molar-refractivity contribution in [2.45, 2.75) is 39.2 Å². The molecule has 18 heavy (non-hydrogen) atoms. The molecule has 1 atom stereocenters. The molecule has 0 aliphatic carbocycles. The van der Waals surface area contributed by atoms with E-state index in [1.165, 1.54) is 17.4 Å². The number of ether oxygens (including phenoxy) is 1. The van der Waals surface area contributed by atoms with Crippen molar-refractivity contribution in [3.05, 3.63) is 48.2 Å². The molecular weight excluding hydrogens is 222 g/mol. The number of rotatable bonds is 9. The van der Waals surface area contributed by atoms with Crippen molar-refractivity contribution in [2.24, 2.45) is 0 Å². The monoisotopic (exact) mass is 247 g/mol. The molecule has 0 aromatic heterocycles. The molecule has 0 saturated heterocycles. The van der Waals surface area contributed by atoms with Crippen molar-refractivity contribution < 1.29 is 4.74 Å². The predicted molar refractivity (Wildman–Crippen MR) is 77.6 cm³/mol. The maximum atomic E-state index is 5.11. The number of nitrogens with one attached hydrogen (secondary N) is 1. The first kappa shape index (κ1) is 14.8. The summed E-state index contributed by atoms with van der Waals surface area (Å²) in [6.07, 6.45) is 4.72. The number of hydrogen-bond donors (Lipinski definition) is 1. The predicted octanol–water partition coefficient (Wildman–Crippen LogP) is 3.84. The molecule has 0 aliphatic heterocycles. The summed E-state index contributed by atoms with van der Waals surface area (Å²) in [4.78, 5) is 0. The average Bonchev–Trinajstić information content (AvgIpc) is 2.43. The molecule has 2 nitrogen and oxygen atoms in total. The van der Waals surface area contributed by atoms with Gasteiger partial charge in [0.25, 0.3) is 0 Å². The van der Waals surface area contributed by atoms with Crippen LogP contribution in [0.3, 0.4) is 0 Å². The Morgan fingerprint density at radius 1 is 1.28 bits per heavy atom. The Hall–Kier alpha value is -1.28. The lowest BCUT2D eigenvalue weighted by Crippen LogP contribution is -2.22. The Balaban J connectivity index is 2.41. The van der Waals surface area contributed by atoms with Crippen LogP contribution in [0.5, 0.6) is 0 Å². The highest BCUT2D eigenvalue weighted by molar-refractivity contribution is 5.24. The van der Waals surface area contributed by atoms with E-state index < -0.39 is 0 Å². The lowest BCUT2D eigenvalue weighted by molar-refractivity contribution is 0.242. The Kier molecular flexibility index (Phi) is 7.19. The molecular formula is C16H25NO. The summed E-state index contributed by atoms with van der Waals surface area (Å²) in [5.74, 6) is 0. The molecule has 0 bridgehead atoms. The molecule has 1 rings (SSSR count). The topological polar surface area (TPSA) is 21.3 Å². The molecule has 0 amide bonds. The van der Waals surface area contributed by atoms with Crippen LogP contribution in [0.15, 0.2) is 37.1 Å². The van der Waals surface area contributed by atoms with Crippen LogP contribution < -0.4 is 5.32 Å². The van der Waals surface area contributed by atoms with Gasteiger partial charge in [0.2, 0.25) is 0 Å². The van der Waals surface area contributed by atoms with Crippen LogP contribution in [-0.4, -0.2) is 13.2 Å². The summed E-state index contributed by atoms with van der Waals surface area (Å²) < 4.78 is 5.11. The van der Waals surface area contributed by atoms with Gasteiger partial charge in [-0.15, -0.1) is 0 Å². The minimum absolute atomic E-state index is 0.444. The number of aryl methyl sites for hydroxylation is 1. The Morgan fingerprint density at radius 3 is 2.56 bits per heavy atom. The molecule has 0 radical (unpaired) electrons. The second kappa shape index (κ2) is 8.76. The molecule has 0 saturated carbocycles. The highest BCUT2D eigenvalue weighted by Gasteiger charge is 2.07. The summed E-state index contributed by atoms with van der Waals surface area (Å²) in [5.41, 5.74) is 2.77. The van der Waals surface area contributed by atoms with Crippen LogP contribution in [0.25, 0.3) is 0 Å². The lowest BCUT2D eigenvalue weighted by Gasteiger charge is -2.17. The van der Waals surface area contributed by atoms with Crippen molar-refractivity contribution in [3.63, 3.8) is 0 Å². The summed E-state index contributed by atoms with van der Waals surface area (Å²) in [5, 5.41) is 3.57. The first-order valence-corrected chi connectivity index (χ1v) is 6.86. The molecule has 1 unspecified atom stereocenters. The fraction of sp³-hybridized carbons (Fsp3) is 0.500. The van der Waals surface area contributed by atoms with Gasteiger partial charge in [-0.05, 0) is 36.9 Å². The molecule has 1 N–H and O–H groups in total. The fourth-order valence-electron chi connectivity index (χ4n) is 2.00. The third-order valence-electron chi connectivity index (χ3n) is 3.15. The first-order valence-electron chi connectivity index (χ1n) is 6.86. The second-order valence-corrected chi connectivity index (χ2v) is 4.40. The minimum atomic E-state index is 0.444. The van der Waals surface area contributed by atoms with E-state index in [9.17, 15) is 0 Å². The highest BCUT2D eigenvalue weighted by atomic mass is 16.5. The number of benzene rings is 1. The maximum Gasteiger partial charge on any atom is 0.0885 e. The van der Waals surface area contributed by atoms with Crippen molar-refractivity contribution in [1.29, 1.82) is 0 Å².